The van der Waals surface area contributed by atoms with E-state index in [-0.39, 0.29) is 11.5 Å². The summed E-state index contributed by atoms with van der Waals surface area (Å²) in [6, 6.07) is 11.4. The Morgan fingerprint density at radius 1 is 1.00 bits per heavy atom. The first-order valence-electron chi connectivity index (χ1n) is 11.8. The van der Waals surface area contributed by atoms with Gasteiger partial charge in [0.2, 0.25) is 0 Å². The van der Waals surface area contributed by atoms with Crippen molar-refractivity contribution in [2.24, 2.45) is 0 Å². The van der Waals surface area contributed by atoms with Crippen molar-refractivity contribution in [2.75, 3.05) is 25.1 Å². The molecule has 1 N–H and O–H groups in total. The van der Waals surface area contributed by atoms with E-state index >= 15 is 0 Å². The number of phenols is 1. The number of unbranched alkanes of at least 4 members (excludes halogenated alkanes) is 4. The SMILES string of the molecule is C=CCCCCN(CCCCC=C)c1ccc2c(c1)C(=O)/C(=C/c1ccc(O)c(OC)c1)C2. The molecule has 3 rings (SSSR count). The van der Waals surface area contributed by atoms with Crippen molar-refractivity contribution in [1.82, 2.24) is 0 Å². The molecule has 1 aliphatic carbocycles. The van der Waals surface area contributed by atoms with Gasteiger partial charge in [0.15, 0.2) is 17.3 Å². The third-order valence-electron chi connectivity index (χ3n) is 6.09. The number of allylic oxidation sites excluding steroid dienone is 3. The van der Waals surface area contributed by atoms with Crippen molar-refractivity contribution < 1.29 is 14.6 Å². The highest BCUT2D eigenvalue weighted by Gasteiger charge is 2.26. The summed E-state index contributed by atoms with van der Waals surface area (Å²) in [7, 11) is 1.52. The van der Waals surface area contributed by atoms with Gasteiger partial charge in [-0.2, -0.15) is 0 Å². The van der Waals surface area contributed by atoms with E-state index in [1.54, 1.807) is 18.2 Å². The van der Waals surface area contributed by atoms with Crippen LogP contribution in [0.15, 0.2) is 67.3 Å². The van der Waals surface area contributed by atoms with Gasteiger partial charge in [-0.1, -0.05) is 24.3 Å². The fourth-order valence-corrected chi connectivity index (χ4v) is 4.24. The molecule has 1 aliphatic rings. The van der Waals surface area contributed by atoms with Crippen molar-refractivity contribution in [3.05, 3.63) is 84.0 Å². The number of Topliss-reactive ketones (excluding diaryl/α,β-unsaturated/α-hetero) is 1. The van der Waals surface area contributed by atoms with Crippen LogP contribution < -0.4 is 9.64 Å². The van der Waals surface area contributed by atoms with E-state index in [1.165, 1.54) is 7.11 Å². The van der Waals surface area contributed by atoms with Crippen LogP contribution >= 0.6 is 0 Å². The number of ether oxygens (including phenoxy) is 1. The molecule has 0 unspecified atom stereocenters. The summed E-state index contributed by atoms with van der Waals surface area (Å²) in [6.45, 7) is 9.59. The number of carbonyl (C=O) groups excluding carboxylic acids is 1. The molecule has 0 spiro atoms. The number of aromatic hydroxyl groups is 1. The summed E-state index contributed by atoms with van der Waals surface area (Å²) in [5.41, 5.74) is 4.59. The van der Waals surface area contributed by atoms with Crippen molar-refractivity contribution >= 4 is 17.5 Å². The third-order valence-corrected chi connectivity index (χ3v) is 6.09. The minimum Gasteiger partial charge on any atom is -0.504 e. The third kappa shape index (κ3) is 6.38. The first kappa shape index (κ1) is 24.4. The van der Waals surface area contributed by atoms with Crippen LogP contribution in [-0.2, 0) is 6.42 Å². The zero-order valence-corrected chi connectivity index (χ0v) is 19.7. The second-order valence-electron chi connectivity index (χ2n) is 8.50. The van der Waals surface area contributed by atoms with Crippen LogP contribution in [0.4, 0.5) is 5.69 Å². The van der Waals surface area contributed by atoms with Crippen LogP contribution in [0.2, 0.25) is 0 Å². The summed E-state index contributed by atoms with van der Waals surface area (Å²) in [4.78, 5) is 15.6. The van der Waals surface area contributed by atoms with E-state index in [4.69, 9.17) is 4.74 Å². The van der Waals surface area contributed by atoms with Crippen molar-refractivity contribution in [3.8, 4) is 11.5 Å². The van der Waals surface area contributed by atoms with E-state index in [0.717, 1.165) is 79.6 Å². The second-order valence-corrected chi connectivity index (χ2v) is 8.50. The largest absolute Gasteiger partial charge is 0.504 e. The average Bonchev–Trinajstić information content (AvgIpc) is 3.13. The van der Waals surface area contributed by atoms with Gasteiger partial charge in [0.25, 0.3) is 0 Å². The zero-order valence-electron chi connectivity index (χ0n) is 19.7. The summed E-state index contributed by atoms with van der Waals surface area (Å²) in [5.74, 6) is 0.571. The molecular weight excluding hydrogens is 410 g/mol. The number of hydrogen-bond acceptors (Lipinski definition) is 4. The number of carbonyl (C=O) groups is 1. The molecule has 0 amide bonds. The Bertz CT molecular complexity index is 1010. The molecule has 174 valence electrons. The maximum Gasteiger partial charge on any atom is 0.189 e. The molecule has 0 saturated carbocycles. The topological polar surface area (TPSA) is 49.8 Å². The number of ketones is 1. The number of nitrogens with zero attached hydrogens (tertiary/aromatic N) is 1. The number of phenolic OH excluding ortho intramolecular Hbond substituents is 1. The summed E-state index contributed by atoms with van der Waals surface area (Å²) >= 11 is 0. The molecule has 0 fully saturated rings. The molecule has 0 bridgehead atoms. The Kier molecular flexibility index (Phi) is 8.94. The predicted molar refractivity (Wildman–Crippen MR) is 137 cm³/mol. The first-order valence-corrected chi connectivity index (χ1v) is 11.8. The quantitative estimate of drug-likeness (QED) is 0.211. The standard InChI is InChI=1S/C29H35NO3/c1-4-6-8-10-16-30(17-11-9-7-5-2)25-14-13-23-20-24(29(32)26(23)21-25)18-22-12-15-27(31)28(19-22)33-3/h4-5,12-15,18-19,21,31H,1-2,6-11,16-17,20H2,3H3/b24-18+. The van der Waals surface area contributed by atoms with Gasteiger partial charge in [0.1, 0.15) is 0 Å². The maximum atomic E-state index is 13.2. The normalized spacial score (nSPS) is 13.7. The maximum absolute atomic E-state index is 13.2. The Labute approximate surface area is 197 Å². The van der Waals surface area contributed by atoms with E-state index < -0.39 is 0 Å². The zero-order chi connectivity index (χ0) is 23.6. The van der Waals surface area contributed by atoms with Gasteiger partial charge < -0.3 is 14.7 Å². The number of fused-ring (bicyclic) bond motifs is 1. The Hall–Kier alpha value is -3.27. The predicted octanol–water partition coefficient (Wildman–Crippen LogP) is 6.74. The highest BCUT2D eigenvalue weighted by Crippen LogP contribution is 2.33. The van der Waals surface area contributed by atoms with E-state index in [0.29, 0.717) is 12.2 Å². The van der Waals surface area contributed by atoms with Gasteiger partial charge in [-0.3, -0.25) is 4.79 Å². The molecule has 0 radical (unpaired) electrons. The molecular formula is C29H35NO3. The number of methoxy groups -OCH3 is 1. The summed E-state index contributed by atoms with van der Waals surface area (Å²) < 4.78 is 5.20. The van der Waals surface area contributed by atoms with Crippen LogP contribution in [0, 0.1) is 0 Å². The van der Waals surface area contributed by atoms with Crippen molar-refractivity contribution in [1.29, 1.82) is 0 Å². The van der Waals surface area contributed by atoms with Gasteiger partial charge in [0.05, 0.1) is 7.11 Å². The smallest absolute Gasteiger partial charge is 0.189 e. The van der Waals surface area contributed by atoms with Crippen molar-refractivity contribution in [3.63, 3.8) is 0 Å². The number of hydrogen-bond donors (Lipinski definition) is 1. The summed E-state index contributed by atoms with van der Waals surface area (Å²) in [6.07, 6.45) is 13.0. The molecule has 0 aromatic heterocycles. The highest BCUT2D eigenvalue weighted by atomic mass is 16.5. The number of benzene rings is 2. The van der Waals surface area contributed by atoms with Crippen molar-refractivity contribution in [2.45, 2.75) is 44.9 Å². The van der Waals surface area contributed by atoms with Crippen LogP contribution in [0.25, 0.3) is 6.08 Å². The fraction of sp³-hybridized carbons (Fsp3) is 0.345. The Morgan fingerprint density at radius 2 is 1.70 bits per heavy atom. The average molecular weight is 446 g/mol. The van der Waals surface area contributed by atoms with E-state index in [1.807, 2.05) is 18.2 Å². The second kappa shape index (κ2) is 12.1. The Balaban J connectivity index is 1.78. The van der Waals surface area contributed by atoms with E-state index in [9.17, 15) is 9.90 Å². The number of anilines is 1. The van der Waals surface area contributed by atoms with Crippen LogP contribution in [-0.4, -0.2) is 31.1 Å². The molecule has 2 aromatic carbocycles. The minimum atomic E-state index is 0.0807. The lowest BCUT2D eigenvalue weighted by Gasteiger charge is -2.25. The van der Waals surface area contributed by atoms with Gasteiger partial charge >= 0.3 is 0 Å². The number of rotatable bonds is 13. The lowest BCUT2D eigenvalue weighted by Crippen LogP contribution is -2.26. The van der Waals surface area contributed by atoms with Crippen LogP contribution in [0.3, 0.4) is 0 Å². The highest BCUT2D eigenvalue weighted by molar-refractivity contribution is 6.16. The van der Waals surface area contributed by atoms with Gasteiger partial charge in [0, 0.05) is 36.3 Å². The molecule has 33 heavy (non-hydrogen) atoms. The first-order chi connectivity index (χ1) is 16.1. The summed E-state index contributed by atoms with van der Waals surface area (Å²) in [5, 5.41) is 9.83. The molecule has 4 heteroatoms. The molecule has 0 heterocycles. The van der Waals surface area contributed by atoms with E-state index in [2.05, 4.69) is 36.3 Å². The fourth-order valence-electron chi connectivity index (χ4n) is 4.24. The molecule has 0 saturated heterocycles. The van der Waals surface area contributed by atoms with Crippen LogP contribution in [0.5, 0.6) is 11.5 Å². The van der Waals surface area contributed by atoms with Gasteiger partial charge in [-0.05, 0) is 80.0 Å². The van der Waals surface area contributed by atoms with Crippen LogP contribution in [0.1, 0.15) is 60.0 Å². The Morgan fingerprint density at radius 3 is 2.33 bits per heavy atom. The lowest BCUT2D eigenvalue weighted by molar-refractivity contribution is 0.104. The monoisotopic (exact) mass is 445 g/mol. The molecule has 0 aliphatic heterocycles. The lowest BCUT2D eigenvalue weighted by atomic mass is 10.1. The van der Waals surface area contributed by atoms with Gasteiger partial charge in [-0.25, -0.2) is 0 Å². The molecule has 2 aromatic rings. The van der Waals surface area contributed by atoms with Gasteiger partial charge in [-0.15, -0.1) is 13.2 Å². The molecule has 0 atom stereocenters. The molecule has 4 nitrogen and oxygen atoms in total. The minimum absolute atomic E-state index is 0.0807.